The lowest BCUT2D eigenvalue weighted by molar-refractivity contribution is -0.121. The van der Waals surface area contributed by atoms with E-state index in [4.69, 9.17) is 0 Å². The molecule has 0 radical (unpaired) electrons. The van der Waals surface area contributed by atoms with E-state index in [1.807, 2.05) is 6.07 Å². The summed E-state index contributed by atoms with van der Waals surface area (Å²) in [7, 11) is 2.14. The van der Waals surface area contributed by atoms with Gasteiger partial charge in [0.1, 0.15) is 0 Å². The van der Waals surface area contributed by atoms with Crippen LogP contribution in [-0.2, 0) is 11.2 Å². The smallest absolute Gasteiger partial charge is 0.217 e. The van der Waals surface area contributed by atoms with Gasteiger partial charge in [0, 0.05) is 25.6 Å². The van der Waals surface area contributed by atoms with Gasteiger partial charge in [0.05, 0.1) is 0 Å². The van der Waals surface area contributed by atoms with E-state index in [-0.39, 0.29) is 11.4 Å². The van der Waals surface area contributed by atoms with Crippen molar-refractivity contribution in [3.05, 3.63) is 35.9 Å². The summed E-state index contributed by atoms with van der Waals surface area (Å²) in [6, 6.07) is 10.4. The third-order valence-electron chi connectivity index (χ3n) is 3.77. The quantitative estimate of drug-likeness (QED) is 0.882. The Morgan fingerprint density at radius 2 is 1.89 bits per heavy atom. The molecule has 1 amide bonds. The molecular weight excluding hydrogens is 224 g/mol. The molecule has 0 bridgehead atoms. The van der Waals surface area contributed by atoms with E-state index in [0.717, 1.165) is 32.4 Å². The number of carbonyl (C=O) groups excluding carboxylic acids is 1. The predicted octanol–water partition coefficient (Wildman–Crippen LogP) is 1.83. The number of piperidine rings is 1. The van der Waals surface area contributed by atoms with E-state index >= 15 is 0 Å². The molecule has 0 spiro atoms. The molecule has 1 saturated heterocycles. The van der Waals surface area contributed by atoms with Gasteiger partial charge in [-0.25, -0.2) is 0 Å². The summed E-state index contributed by atoms with van der Waals surface area (Å²) < 4.78 is 0. The van der Waals surface area contributed by atoms with Crippen LogP contribution in [0.5, 0.6) is 0 Å². The number of likely N-dealkylation sites (tertiary alicyclic amines) is 1. The van der Waals surface area contributed by atoms with Gasteiger partial charge in [0.25, 0.3) is 0 Å². The molecule has 3 heteroatoms. The van der Waals surface area contributed by atoms with Crippen LogP contribution < -0.4 is 5.32 Å². The monoisotopic (exact) mass is 246 g/mol. The highest BCUT2D eigenvalue weighted by Crippen LogP contribution is 2.26. The number of rotatable bonds is 3. The van der Waals surface area contributed by atoms with Crippen LogP contribution in [0.2, 0.25) is 0 Å². The van der Waals surface area contributed by atoms with Crippen molar-refractivity contribution in [2.45, 2.75) is 31.7 Å². The largest absolute Gasteiger partial charge is 0.350 e. The summed E-state index contributed by atoms with van der Waals surface area (Å²) in [6.45, 7) is 3.71. The van der Waals surface area contributed by atoms with Crippen molar-refractivity contribution in [2.24, 2.45) is 0 Å². The second-order valence-electron chi connectivity index (χ2n) is 5.43. The molecule has 0 unspecified atom stereocenters. The molecule has 18 heavy (non-hydrogen) atoms. The van der Waals surface area contributed by atoms with E-state index in [9.17, 15) is 4.79 Å². The lowest BCUT2D eigenvalue weighted by Gasteiger charge is -2.41. The van der Waals surface area contributed by atoms with Crippen molar-refractivity contribution >= 4 is 5.91 Å². The summed E-state index contributed by atoms with van der Waals surface area (Å²) in [5, 5.41) is 3.20. The Balaban J connectivity index is 2.12. The van der Waals surface area contributed by atoms with E-state index in [1.54, 1.807) is 6.92 Å². The molecule has 0 atom stereocenters. The highest BCUT2D eigenvalue weighted by molar-refractivity contribution is 5.74. The van der Waals surface area contributed by atoms with Gasteiger partial charge in [0.2, 0.25) is 5.91 Å². The zero-order chi connectivity index (χ0) is 13.0. The Morgan fingerprint density at radius 1 is 1.28 bits per heavy atom. The third-order valence-corrected chi connectivity index (χ3v) is 3.77. The first kappa shape index (κ1) is 13.1. The summed E-state index contributed by atoms with van der Waals surface area (Å²) in [5.41, 5.74) is 1.25. The fourth-order valence-corrected chi connectivity index (χ4v) is 2.75. The molecular formula is C15H22N2O. The maximum absolute atomic E-state index is 11.5. The number of hydrogen-bond donors (Lipinski definition) is 1. The van der Waals surface area contributed by atoms with Gasteiger partial charge in [-0.2, -0.15) is 0 Å². The Labute approximate surface area is 109 Å². The van der Waals surface area contributed by atoms with Crippen molar-refractivity contribution in [1.29, 1.82) is 0 Å². The van der Waals surface area contributed by atoms with E-state index in [2.05, 4.69) is 41.5 Å². The van der Waals surface area contributed by atoms with Gasteiger partial charge in [-0.3, -0.25) is 4.79 Å². The minimum Gasteiger partial charge on any atom is -0.350 e. The molecule has 0 saturated carbocycles. The molecule has 1 fully saturated rings. The van der Waals surface area contributed by atoms with Gasteiger partial charge in [-0.15, -0.1) is 0 Å². The zero-order valence-electron chi connectivity index (χ0n) is 11.3. The zero-order valence-corrected chi connectivity index (χ0v) is 11.3. The number of nitrogens with zero attached hydrogens (tertiary/aromatic N) is 1. The van der Waals surface area contributed by atoms with Crippen molar-refractivity contribution in [2.75, 3.05) is 20.1 Å². The molecule has 98 valence electrons. The lowest BCUT2D eigenvalue weighted by Crippen LogP contribution is -2.55. The van der Waals surface area contributed by atoms with Gasteiger partial charge in [-0.1, -0.05) is 30.3 Å². The summed E-state index contributed by atoms with van der Waals surface area (Å²) in [5.74, 6) is 0.0792. The number of hydrogen-bond acceptors (Lipinski definition) is 2. The SMILES string of the molecule is CC(=O)NC1(Cc2ccccc2)CCN(C)CC1. The maximum Gasteiger partial charge on any atom is 0.217 e. The fraction of sp³-hybridized carbons (Fsp3) is 0.533. The summed E-state index contributed by atoms with van der Waals surface area (Å²) in [4.78, 5) is 13.8. The Kier molecular flexibility index (Phi) is 4.02. The standard InChI is InChI=1S/C15H22N2O/c1-13(18)16-15(8-10-17(2)11-9-15)12-14-6-4-3-5-7-14/h3-7H,8-12H2,1-2H3,(H,16,18). The van der Waals surface area contributed by atoms with Gasteiger partial charge in [0.15, 0.2) is 0 Å². The van der Waals surface area contributed by atoms with E-state index in [0.29, 0.717) is 0 Å². The lowest BCUT2D eigenvalue weighted by atomic mass is 9.82. The van der Waals surface area contributed by atoms with Crippen molar-refractivity contribution in [3.8, 4) is 0 Å². The first-order valence-electron chi connectivity index (χ1n) is 6.61. The van der Waals surface area contributed by atoms with Gasteiger partial charge in [-0.05, 0) is 31.9 Å². The van der Waals surface area contributed by atoms with Crippen LogP contribution in [0.3, 0.4) is 0 Å². The summed E-state index contributed by atoms with van der Waals surface area (Å²) >= 11 is 0. The molecule has 1 aliphatic heterocycles. The molecule has 1 N–H and O–H groups in total. The topological polar surface area (TPSA) is 32.3 Å². The first-order chi connectivity index (χ1) is 8.60. The molecule has 1 aliphatic rings. The average molecular weight is 246 g/mol. The molecule has 1 heterocycles. The molecule has 2 rings (SSSR count). The number of benzene rings is 1. The number of carbonyl (C=O) groups is 1. The molecule has 0 aromatic heterocycles. The van der Waals surface area contributed by atoms with Crippen molar-refractivity contribution in [3.63, 3.8) is 0 Å². The molecule has 1 aromatic carbocycles. The van der Waals surface area contributed by atoms with Crippen LogP contribution in [0.1, 0.15) is 25.3 Å². The highest BCUT2D eigenvalue weighted by atomic mass is 16.1. The van der Waals surface area contributed by atoms with Gasteiger partial charge >= 0.3 is 0 Å². The maximum atomic E-state index is 11.5. The second kappa shape index (κ2) is 5.53. The predicted molar refractivity (Wildman–Crippen MR) is 73.4 cm³/mol. The van der Waals surface area contributed by atoms with Crippen LogP contribution in [0.15, 0.2) is 30.3 Å². The van der Waals surface area contributed by atoms with Crippen molar-refractivity contribution in [1.82, 2.24) is 10.2 Å². The van der Waals surface area contributed by atoms with Crippen LogP contribution in [-0.4, -0.2) is 36.5 Å². The van der Waals surface area contributed by atoms with E-state index < -0.39 is 0 Å². The first-order valence-corrected chi connectivity index (χ1v) is 6.61. The third kappa shape index (κ3) is 3.33. The van der Waals surface area contributed by atoms with Crippen LogP contribution in [0.4, 0.5) is 0 Å². The second-order valence-corrected chi connectivity index (χ2v) is 5.43. The molecule has 3 nitrogen and oxygen atoms in total. The van der Waals surface area contributed by atoms with Crippen molar-refractivity contribution < 1.29 is 4.79 Å². The van der Waals surface area contributed by atoms with Crippen LogP contribution in [0, 0.1) is 0 Å². The Bertz CT molecular complexity index is 394. The minimum atomic E-state index is -0.0559. The Hall–Kier alpha value is -1.35. The number of nitrogens with one attached hydrogen (secondary N) is 1. The van der Waals surface area contributed by atoms with E-state index in [1.165, 1.54) is 5.56 Å². The van der Waals surface area contributed by atoms with Crippen LogP contribution in [0.25, 0.3) is 0 Å². The normalized spacial score (nSPS) is 19.4. The average Bonchev–Trinajstić information content (AvgIpc) is 2.34. The molecule has 1 aromatic rings. The Morgan fingerprint density at radius 3 is 2.44 bits per heavy atom. The minimum absolute atomic E-state index is 0.0559. The summed E-state index contributed by atoms with van der Waals surface area (Å²) in [6.07, 6.45) is 2.98. The highest BCUT2D eigenvalue weighted by Gasteiger charge is 2.34. The number of amides is 1. The molecule has 0 aliphatic carbocycles. The van der Waals surface area contributed by atoms with Crippen LogP contribution >= 0.6 is 0 Å². The fourth-order valence-electron chi connectivity index (χ4n) is 2.75. The van der Waals surface area contributed by atoms with Gasteiger partial charge < -0.3 is 10.2 Å².